The smallest absolute Gasteiger partial charge is 0.246 e. The Kier molecular flexibility index (Phi) is 3.37. The van der Waals surface area contributed by atoms with Gasteiger partial charge in [-0.2, -0.15) is 4.98 Å². The van der Waals surface area contributed by atoms with Crippen LogP contribution in [0.2, 0.25) is 5.02 Å². The molecule has 2 atom stereocenters. The van der Waals surface area contributed by atoms with E-state index in [0.29, 0.717) is 23.4 Å². The molecule has 2 saturated carbocycles. The molecule has 2 aliphatic rings. The molecular weight excluding hydrogens is 302 g/mol. The van der Waals surface area contributed by atoms with Crippen LogP contribution in [0.3, 0.4) is 0 Å². The van der Waals surface area contributed by atoms with Gasteiger partial charge in [-0.1, -0.05) is 28.9 Å². The highest BCUT2D eigenvalue weighted by molar-refractivity contribution is 6.30. The summed E-state index contributed by atoms with van der Waals surface area (Å²) in [5, 5.41) is 7.53. The third-order valence-corrected chi connectivity index (χ3v) is 4.48. The lowest BCUT2D eigenvalue weighted by atomic mass is 10.1. The third kappa shape index (κ3) is 2.86. The van der Waals surface area contributed by atoms with E-state index in [0.717, 1.165) is 30.7 Å². The van der Waals surface area contributed by atoms with Gasteiger partial charge < -0.3 is 9.84 Å². The second-order valence-electron chi connectivity index (χ2n) is 6.04. The van der Waals surface area contributed by atoms with Gasteiger partial charge in [0.25, 0.3) is 0 Å². The van der Waals surface area contributed by atoms with Crippen molar-refractivity contribution in [3.8, 4) is 0 Å². The van der Waals surface area contributed by atoms with E-state index in [4.69, 9.17) is 16.1 Å². The van der Waals surface area contributed by atoms with Crippen molar-refractivity contribution < 1.29 is 9.32 Å². The Morgan fingerprint density at radius 1 is 1.41 bits per heavy atom. The zero-order valence-electron chi connectivity index (χ0n) is 12.0. The van der Waals surface area contributed by atoms with Crippen LogP contribution in [-0.2, 0) is 11.3 Å². The van der Waals surface area contributed by atoms with E-state index < -0.39 is 0 Å². The van der Waals surface area contributed by atoms with Crippen LogP contribution < -0.4 is 5.32 Å². The number of aromatic nitrogens is 2. The SMILES string of the molecule is O=C(NCc1nc(C2CC2)no1)[C@@H]1C[C@H]1c1cccc(Cl)c1. The van der Waals surface area contributed by atoms with E-state index in [9.17, 15) is 4.79 Å². The first kappa shape index (κ1) is 13.8. The predicted octanol–water partition coefficient (Wildman–Crippen LogP) is 3.02. The van der Waals surface area contributed by atoms with Crippen LogP contribution in [0.15, 0.2) is 28.8 Å². The lowest BCUT2D eigenvalue weighted by Crippen LogP contribution is -2.25. The summed E-state index contributed by atoms with van der Waals surface area (Å²) in [5.74, 6) is 2.04. The fourth-order valence-electron chi connectivity index (χ4n) is 2.73. The molecule has 1 aromatic heterocycles. The maximum Gasteiger partial charge on any atom is 0.246 e. The van der Waals surface area contributed by atoms with Gasteiger partial charge in [0.1, 0.15) is 0 Å². The van der Waals surface area contributed by atoms with E-state index in [2.05, 4.69) is 15.5 Å². The highest BCUT2D eigenvalue weighted by Gasteiger charge is 2.43. The monoisotopic (exact) mass is 317 g/mol. The van der Waals surface area contributed by atoms with E-state index in [1.165, 1.54) is 0 Å². The molecule has 0 bridgehead atoms. The van der Waals surface area contributed by atoms with E-state index >= 15 is 0 Å². The summed E-state index contributed by atoms with van der Waals surface area (Å²) in [6.45, 7) is 0.303. The summed E-state index contributed by atoms with van der Waals surface area (Å²) in [6.07, 6.45) is 3.13. The maximum absolute atomic E-state index is 12.2. The van der Waals surface area contributed by atoms with Crippen molar-refractivity contribution >= 4 is 17.5 Å². The summed E-state index contributed by atoms with van der Waals surface area (Å²) in [6, 6.07) is 7.71. The largest absolute Gasteiger partial charge is 0.347 e. The van der Waals surface area contributed by atoms with Gasteiger partial charge in [-0.25, -0.2) is 0 Å². The Morgan fingerprint density at radius 3 is 3.05 bits per heavy atom. The number of rotatable bonds is 5. The average Bonchev–Trinajstić information content (AvgIpc) is 3.43. The summed E-state index contributed by atoms with van der Waals surface area (Å²) < 4.78 is 5.15. The molecular formula is C16H16ClN3O2. The molecule has 2 aliphatic carbocycles. The van der Waals surface area contributed by atoms with Crippen molar-refractivity contribution in [1.29, 1.82) is 0 Å². The predicted molar refractivity (Wildman–Crippen MR) is 80.4 cm³/mol. The summed E-state index contributed by atoms with van der Waals surface area (Å²) in [5.41, 5.74) is 1.13. The molecule has 1 amide bonds. The lowest BCUT2D eigenvalue weighted by Gasteiger charge is -2.02. The van der Waals surface area contributed by atoms with Crippen molar-refractivity contribution in [2.75, 3.05) is 0 Å². The van der Waals surface area contributed by atoms with Gasteiger partial charge in [0, 0.05) is 16.9 Å². The Morgan fingerprint density at radius 2 is 2.27 bits per heavy atom. The number of carbonyl (C=O) groups excluding carboxylic acids is 1. The highest BCUT2D eigenvalue weighted by Crippen LogP contribution is 2.48. The number of nitrogens with one attached hydrogen (secondary N) is 1. The Labute approximate surface area is 133 Å². The van der Waals surface area contributed by atoms with Crippen LogP contribution in [0.5, 0.6) is 0 Å². The molecule has 4 rings (SSSR count). The Hall–Kier alpha value is -1.88. The van der Waals surface area contributed by atoms with Crippen LogP contribution in [-0.4, -0.2) is 16.0 Å². The number of nitrogens with zero attached hydrogens (tertiary/aromatic N) is 2. The van der Waals surface area contributed by atoms with Crippen molar-refractivity contribution in [2.24, 2.45) is 5.92 Å². The molecule has 22 heavy (non-hydrogen) atoms. The molecule has 0 unspecified atom stereocenters. The molecule has 5 nitrogen and oxygen atoms in total. The summed E-state index contributed by atoms with van der Waals surface area (Å²) in [7, 11) is 0. The van der Waals surface area contributed by atoms with E-state index in [-0.39, 0.29) is 17.7 Å². The van der Waals surface area contributed by atoms with Crippen LogP contribution in [0, 0.1) is 5.92 Å². The van der Waals surface area contributed by atoms with Crippen LogP contribution in [0.4, 0.5) is 0 Å². The fraction of sp³-hybridized carbons (Fsp3) is 0.438. The lowest BCUT2D eigenvalue weighted by molar-refractivity contribution is -0.122. The minimum absolute atomic E-state index is 0.0179. The van der Waals surface area contributed by atoms with Crippen molar-refractivity contribution in [3.63, 3.8) is 0 Å². The molecule has 0 aliphatic heterocycles. The normalized spacial score (nSPS) is 23.3. The minimum atomic E-state index is 0.0179. The molecule has 1 N–H and O–H groups in total. The second-order valence-corrected chi connectivity index (χ2v) is 6.48. The molecule has 0 radical (unpaired) electrons. The first-order valence-corrected chi connectivity index (χ1v) is 7.94. The van der Waals surface area contributed by atoms with Crippen LogP contribution >= 0.6 is 11.6 Å². The average molecular weight is 318 g/mol. The maximum atomic E-state index is 12.2. The van der Waals surface area contributed by atoms with Gasteiger partial charge in [-0.15, -0.1) is 0 Å². The minimum Gasteiger partial charge on any atom is -0.347 e. The highest BCUT2D eigenvalue weighted by atomic mass is 35.5. The molecule has 2 fully saturated rings. The fourth-order valence-corrected chi connectivity index (χ4v) is 2.93. The van der Waals surface area contributed by atoms with Gasteiger partial charge in [0.15, 0.2) is 5.82 Å². The van der Waals surface area contributed by atoms with Gasteiger partial charge >= 0.3 is 0 Å². The summed E-state index contributed by atoms with van der Waals surface area (Å²) >= 11 is 5.99. The van der Waals surface area contributed by atoms with E-state index in [1.807, 2.05) is 24.3 Å². The van der Waals surface area contributed by atoms with E-state index in [1.54, 1.807) is 0 Å². The Bertz CT molecular complexity index is 711. The van der Waals surface area contributed by atoms with Crippen LogP contribution in [0.25, 0.3) is 0 Å². The summed E-state index contributed by atoms with van der Waals surface area (Å²) in [4.78, 5) is 16.5. The molecule has 2 aromatic rings. The topological polar surface area (TPSA) is 68.0 Å². The number of hydrogen-bond donors (Lipinski definition) is 1. The van der Waals surface area contributed by atoms with Gasteiger partial charge in [-0.3, -0.25) is 4.79 Å². The zero-order valence-corrected chi connectivity index (χ0v) is 12.7. The van der Waals surface area contributed by atoms with Crippen LogP contribution in [0.1, 0.15) is 48.4 Å². The van der Waals surface area contributed by atoms with Crippen molar-refractivity contribution in [2.45, 2.75) is 37.6 Å². The van der Waals surface area contributed by atoms with Gasteiger partial charge in [-0.05, 0) is 42.9 Å². The number of amides is 1. The van der Waals surface area contributed by atoms with Crippen molar-refractivity contribution in [3.05, 3.63) is 46.6 Å². The first-order chi connectivity index (χ1) is 10.7. The quantitative estimate of drug-likeness (QED) is 0.920. The number of halogens is 1. The zero-order chi connectivity index (χ0) is 15.1. The Balaban J connectivity index is 1.31. The third-order valence-electron chi connectivity index (χ3n) is 4.24. The standard InChI is InChI=1S/C16H16ClN3O2/c17-11-3-1-2-10(6-11)12-7-13(12)16(21)18-8-14-19-15(20-22-14)9-4-5-9/h1-3,6,9,12-13H,4-5,7-8H2,(H,18,21)/t12-,13+/m0/s1. The number of benzene rings is 1. The molecule has 1 heterocycles. The molecule has 114 valence electrons. The molecule has 1 aromatic carbocycles. The molecule has 6 heteroatoms. The number of carbonyl (C=O) groups is 1. The second kappa shape index (κ2) is 5.39. The van der Waals surface area contributed by atoms with Gasteiger partial charge in [0.05, 0.1) is 6.54 Å². The first-order valence-electron chi connectivity index (χ1n) is 7.56. The molecule has 0 spiro atoms. The van der Waals surface area contributed by atoms with Gasteiger partial charge in [0.2, 0.25) is 11.8 Å². The van der Waals surface area contributed by atoms with Crippen molar-refractivity contribution in [1.82, 2.24) is 15.5 Å². The number of hydrogen-bond acceptors (Lipinski definition) is 4. The molecule has 0 saturated heterocycles.